The van der Waals surface area contributed by atoms with Crippen molar-refractivity contribution in [1.82, 2.24) is 4.90 Å². The Hall–Kier alpha value is -4.53. The first-order chi connectivity index (χ1) is 20.1. The van der Waals surface area contributed by atoms with Crippen LogP contribution in [-0.2, 0) is 41.8 Å². The molecule has 0 N–H and O–H groups in total. The Labute approximate surface area is 250 Å². The SMILES string of the molecule is CS[C@@H]1[C@@H]([C@H](C)OC(=O)OCc2ccc([N+](=O)[O-])cc2)C(=O)N1C(C(=O)OCc1ccc([N+](=O)[O-])cc1)C(=O)C(C)(C)C. The number of nitro groups is 2. The molecule has 0 saturated carbocycles. The Morgan fingerprint density at radius 1 is 0.907 bits per heavy atom. The number of carbonyl (C=O) groups is 4. The minimum atomic E-state index is -1.57. The summed E-state index contributed by atoms with van der Waals surface area (Å²) in [5, 5.41) is 21.0. The first-order valence-electron chi connectivity index (χ1n) is 13.0. The van der Waals surface area contributed by atoms with E-state index in [2.05, 4.69) is 0 Å². The molecule has 2 aromatic rings. The summed E-state index contributed by atoms with van der Waals surface area (Å²) in [5.41, 5.74) is -0.338. The molecule has 14 nitrogen and oxygen atoms in total. The van der Waals surface area contributed by atoms with Gasteiger partial charge in [0.05, 0.1) is 15.2 Å². The van der Waals surface area contributed by atoms with E-state index in [1.165, 1.54) is 67.2 Å². The number of benzene rings is 2. The Bertz CT molecular complexity index is 1390. The van der Waals surface area contributed by atoms with Crippen LogP contribution in [0.5, 0.6) is 0 Å². The third kappa shape index (κ3) is 7.85. The van der Waals surface area contributed by atoms with Gasteiger partial charge in [-0.05, 0) is 48.6 Å². The van der Waals surface area contributed by atoms with Crippen LogP contribution in [0.25, 0.3) is 0 Å². The molecule has 3 rings (SSSR count). The van der Waals surface area contributed by atoms with Gasteiger partial charge in [0.2, 0.25) is 5.91 Å². The zero-order valence-corrected chi connectivity index (χ0v) is 24.9. The summed E-state index contributed by atoms with van der Waals surface area (Å²) in [5.74, 6) is -2.99. The van der Waals surface area contributed by atoms with E-state index in [-0.39, 0.29) is 24.6 Å². The molecule has 0 bridgehead atoms. The zero-order valence-electron chi connectivity index (χ0n) is 24.1. The summed E-state index contributed by atoms with van der Waals surface area (Å²) >= 11 is 1.19. The molecule has 230 valence electrons. The van der Waals surface area contributed by atoms with Gasteiger partial charge in [-0.25, -0.2) is 9.59 Å². The maximum Gasteiger partial charge on any atom is 0.508 e. The van der Waals surface area contributed by atoms with Gasteiger partial charge in [0.25, 0.3) is 11.4 Å². The number of nitro benzene ring substituents is 2. The first kappa shape index (κ1) is 33.0. The molecule has 0 radical (unpaired) electrons. The predicted molar refractivity (Wildman–Crippen MR) is 153 cm³/mol. The fourth-order valence-corrected chi connectivity index (χ4v) is 5.38. The number of carbonyl (C=O) groups excluding carboxylic acids is 4. The highest BCUT2D eigenvalue weighted by Gasteiger charge is 2.58. The highest BCUT2D eigenvalue weighted by Crippen LogP contribution is 2.40. The topological polar surface area (TPSA) is 185 Å². The lowest BCUT2D eigenvalue weighted by Gasteiger charge is -2.50. The monoisotopic (exact) mass is 617 g/mol. The van der Waals surface area contributed by atoms with E-state index in [1.54, 1.807) is 27.0 Å². The second kappa shape index (κ2) is 13.6. The first-order valence-corrected chi connectivity index (χ1v) is 14.3. The third-order valence-corrected chi connectivity index (χ3v) is 7.67. The van der Waals surface area contributed by atoms with Crippen molar-refractivity contribution in [3.05, 3.63) is 79.9 Å². The molecule has 15 heteroatoms. The highest BCUT2D eigenvalue weighted by molar-refractivity contribution is 7.99. The number of hydrogen-bond donors (Lipinski definition) is 0. The number of esters is 1. The molecular weight excluding hydrogens is 586 g/mol. The largest absolute Gasteiger partial charge is 0.508 e. The van der Waals surface area contributed by atoms with Crippen LogP contribution in [0.4, 0.5) is 16.2 Å². The molecule has 1 aliphatic rings. The number of rotatable bonds is 12. The molecule has 43 heavy (non-hydrogen) atoms. The average molecular weight is 618 g/mol. The Morgan fingerprint density at radius 2 is 1.37 bits per heavy atom. The lowest BCUT2D eigenvalue weighted by Crippen LogP contribution is -2.70. The molecule has 0 aliphatic carbocycles. The van der Waals surface area contributed by atoms with Gasteiger partial charge in [0.15, 0.2) is 11.8 Å². The standard InChI is InChI=1S/C28H31N3O11S/c1-16(42-27(35)41-15-18-8-12-20(13-9-18)31(38)39)21-24(33)29(25(21)43-5)22(23(32)28(2,3)4)26(34)40-14-17-6-10-19(11-7-17)30(36)37/h6-13,16,21-22,25H,14-15H2,1-5H3/t16-,21-,22?,25+/m0/s1. The number of Topliss-reactive ketones (excluding diaryl/α,β-unsaturated/α-hetero) is 1. The van der Waals surface area contributed by atoms with E-state index in [4.69, 9.17) is 14.2 Å². The van der Waals surface area contributed by atoms with Gasteiger partial charge < -0.3 is 19.1 Å². The average Bonchev–Trinajstić information content (AvgIpc) is 2.95. The van der Waals surface area contributed by atoms with Crippen LogP contribution in [-0.4, -0.2) is 62.3 Å². The molecule has 1 heterocycles. The van der Waals surface area contributed by atoms with Crippen LogP contribution in [0.3, 0.4) is 0 Å². The molecule has 1 fully saturated rings. The van der Waals surface area contributed by atoms with Crippen molar-refractivity contribution in [3.63, 3.8) is 0 Å². The van der Waals surface area contributed by atoms with E-state index in [1.807, 2.05) is 0 Å². The van der Waals surface area contributed by atoms with E-state index in [0.717, 1.165) is 4.90 Å². The third-order valence-electron chi connectivity index (χ3n) is 6.67. The minimum Gasteiger partial charge on any atom is -0.459 e. The second-order valence-electron chi connectivity index (χ2n) is 10.7. The van der Waals surface area contributed by atoms with Crippen LogP contribution in [0.2, 0.25) is 0 Å². The number of ether oxygens (including phenoxy) is 3. The molecule has 4 atom stereocenters. The number of ketones is 1. The smallest absolute Gasteiger partial charge is 0.459 e. The number of hydrogen-bond acceptors (Lipinski definition) is 12. The Morgan fingerprint density at radius 3 is 1.79 bits per heavy atom. The van der Waals surface area contributed by atoms with Crippen LogP contribution in [0.1, 0.15) is 38.8 Å². The number of amides is 1. The van der Waals surface area contributed by atoms with Crippen molar-refractivity contribution in [3.8, 4) is 0 Å². The zero-order chi connectivity index (χ0) is 32.1. The van der Waals surface area contributed by atoms with Gasteiger partial charge in [-0.1, -0.05) is 20.8 Å². The summed E-state index contributed by atoms with van der Waals surface area (Å²) in [4.78, 5) is 74.0. The van der Waals surface area contributed by atoms with Crippen LogP contribution >= 0.6 is 11.8 Å². The summed E-state index contributed by atoms with van der Waals surface area (Å²) in [6.45, 7) is 5.81. The van der Waals surface area contributed by atoms with E-state index in [0.29, 0.717) is 11.1 Å². The predicted octanol–water partition coefficient (Wildman–Crippen LogP) is 4.42. The lowest BCUT2D eigenvalue weighted by molar-refractivity contribution is -0.385. The van der Waals surface area contributed by atoms with Gasteiger partial charge in [0, 0.05) is 29.7 Å². The van der Waals surface area contributed by atoms with Crippen molar-refractivity contribution in [2.75, 3.05) is 6.26 Å². The van der Waals surface area contributed by atoms with Gasteiger partial charge >= 0.3 is 12.1 Å². The quantitative estimate of drug-likeness (QED) is 0.107. The molecular formula is C28H31N3O11S. The summed E-state index contributed by atoms with van der Waals surface area (Å²) < 4.78 is 15.8. The van der Waals surface area contributed by atoms with Crippen molar-refractivity contribution < 1.29 is 43.2 Å². The molecule has 1 amide bonds. The molecule has 0 spiro atoms. The van der Waals surface area contributed by atoms with Gasteiger partial charge in [-0.15, -0.1) is 11.8 Å². The van der Waals surface area contributed by atoms with E-state index < -0.39 is 62.5 Å². The van der Waals surface area contributed by atoms with Crippen molar-refractivity contribution in [2.24, 2.45) is 11.3 Å². The van der Waals surface area contributed by atoms with Gasteiger partial charge in [0.1, 0.15) is 25.2 Å². The van der Waals surface area contributed by atoms with Crippen LogP contribution in [0.15, 0.2) is 48.5 Å². The van der Waals surface area contributed by atoms with E-state index in [9.17, 15) is 39.4 Å². The van der Waals surface area contributed by atoms with Crippen LogP contribution < -0.4 is 0 Å². The van der Waals surface area contributed by atoms with E-state index >= 15 is 0 Å². The summed E-state index contributed by atoms with van der Waals surface area (Å²) in [7, 11) is 0. The second-order valence-corrected chi connectivity index (χ2v) is 11.7. The maximum atomic E-state index is 13.4. The molecule has 2 aromatic carbocycles. The number of β-lactam (4-membered cyclic amide) rings is 1. The maximum absolute atomic E-state index is 13.4. The van der Waals surface area contributed by atoms with Crippen molar-refractivity contribution in [2.45, 2.75) is 58.4 Å². The van der Waals surface area contributed by atoms with Gasteiger partial charge in [-0.2, -0.15) is 0 Å². The summed E-state index contributed by atoms with van der Waals surface area (Å²) in [6.07, 6.45) is -0.369. The number of nitrogens with zero attached hydrogens (tertiary/aromatic N) is 3. The lowest BCUT2D eigenvalue weighted by atomic mass is 9.82. The fraction of sp³-hybridized carbons (Fsp3) is 0.429. The van der Waals surface area contributed by atoms with Crippen molar-refractivity contribution in [1.29, 1.82) is 0 Å². The number of thioether (sulfide) groups is 1. The fourth-order valence-electron chi connectivity index (χ4n) is 4.30. The van der Waals surface area contributed by atoms with Crippen LogP contribution in [0, 0.1) is 31.6 Å². The van der Waals surface area contributed by atoms with Gasteiger partial charge in [-0.3, -0.25) is 29.8 Å². The highest BCUT2D eigenvalue weighted by atomic mass is 32.2. The number of non-ortho nitro benzene ring substituents is 2. The minimum absolute atomic E-state index is 0.116. The molecule has 0 aromatic heterocycles. The molecule has 1 aliphatic heterocycles. The Balaban J connectivity index is 1.67. The van der Waals surface area contributed by atoms with Crippen molar-refractivity contribution >= 4 is 47.0 Å². The Kier molecular flexibility index (Phi) is 10.5. The molecule has 1 saturated heterocycles. The summed E-state index contributed by atoms with van der Waals surface area (Å²) in [6, 6.07) is 9.17. The normalized spacial score (nSPS) is 17.7. The molecule has 1 unspecified atom stereocenters. The number of likely N-dealkylation sites (tertiary alicyclic amines) is 1.